The van der Waals surface area contributed by atoms with Crippen LogP contribution in [0.25, 0.3) is 0 Å². The molecule has 0 saturated carbocycles. The molecule has 1 aliphatic heterocycles. The molecule has 2 heterocycles. The summed E-state index contributed by atoms with van der Waals surface area (Å²) in [5.41, 5.74) is 0.518. The van der Waals surface area contributed by atoms with Gasteiger partial charge in [0.15, 0.2) is 0 Å². The summed E-state index contributed by atoms with van der Waals surface area (Å²) in [4.78, 5) is 16.2. The van der Waals surface area contributed by atoms with Crippen molar-refractivity contribution in [2.45, 2.75) is 38.3 Å². The number of carbonyl (C=O) groups excluding carboxylic acids is 1. The molecule has 2 atom stereocenters. The maximum atomic E-state index is 11.8. The molecule has 1 saturated heterocycles. The van der Waals surface area contributed by atoms with Crippen LogP contribution in [0.5, 0.6) is 0 Å². The highest BCUT2D eigenvalue weighted by atomic mass is 16.6. The third-order valence-electron chi connectivity index (χ3n) is 2.98. The lowest BCUT2D eigenvalue weighted by molar-refractivity contribution is 0.0504. The molecule has 0 aliphatic carbocycles. The fraction of sp³-hybridized carbons (Fsp3) is 0.571. The van der Waals surface area contributed by atoms with E-state index in [-0.39, 0.29) is 18.1 Å². The summed E-state index contributed by atoms with van der Waals surface area (Å²) in [6.07, 6.45) is 1.40. The van der Waals surface area contributed by atoms with E-state index in [1.807, 2.05) is 39.0 Å². The van der Waals surface area contributed by atoms with E-state index in [1.165, 1.54) is 0 Å². The number of ether oxygens (including phenoxy) is 1. The quantitative estimate of drug-likeness (QED) is 0.852. The van der Waals surface area contributed by atoms with E-state index in [0.29, 0.717) is 0 Å². The number of hydrogen-bond donors (Lipinski definition) is 2. The first-order valence-corrected chi connectivity index (χ1v) is 6.57. The molecule has 0 spiro atoms. The van der Waals surface area contributed by atoms with Crippen LogP contribution in [-0.2, 0) is 4.74 Å². The van der Waals surface area contributed by atoms with Gasteiger partial charge in [-0.2, -0.15) is 0 Å². The van der Waals surface area contributed by atoms with Gasteiger partial charge in [0.25, 0.3) is 0 Å². The number of nitrogens with zero attached hydrogens (tertiary/aromatic N) is 1. The van der Waals surface area contributed by atoms with Gasteiger partial charge in [-0.05, 0) is 32.9 Å². The lowest BCUT2D eigenvalue weighted by Gasteiger charge is -2.24. The maximum Gasteiger partial charge on any atom is 0.407 e. The molecule has 1 amide bonds. The maximum absolute atomic E-state index is 11.8. The van der Waals surface area contributed by atoms with E-state index in [4.69, 9.17) is 4.74 Å². The Kier molecular flexibility index (Phi) is 4.04. The Morgan fingerprint density at radius 3 is 2.84 bits per heavy atom. The standard InChI is InChI=1S/C14H21N3O2/c1-14(2,3)19-13(18)17-12-9-15-8-10(12)11-6-4-5-7-16-11/h4-7,10,12,15H,8-9H2,1-3H3,(H,17,18)/t10-,12-/m1/s1. The zero-order valence-corrected chi connectivity index (χ0v) is 11.6. The van der Waals surface area contributed by atoms with Gasteiger partial charge in [-0.3, -0.25) is 4.98 Å². The summed E-state index contributed by atoms with van der Waals surface area (Å²) in [5, 5.41) is 6.20. The van der Waals surface area contributed by atoms with Crippen LogP contribution in [0.2, 0.25) is 0 Å². The Morgan fingerprint density at radius 1 is 1.42 bits per heavy atom. The molecule has 5 nitrogen and oxygen atoms in total. The number of nitrogens with one attached hydrogen (secondary N) is 2. The van der Waals surface area contributed by atoms with Crippen molar-refractivity contribution in [3.8, 4) is 0 Å². The lowest BCUT2D eigenvalue weighted by Crippen LogP contribution is -2.42. The monoisotopic (exact) mass is 263 g/mol. The average molecular weight is 263 g/mol. The SMILES string of the molecule is CC(C)(C)OC(=O)N[C@@H]1CNC[C@@H]1c1ccccn1. The molecule has 1 aromatic heterocycles. The second-order valence-electron chi connectivity index (χ2n) is 5.77. The van der Waals surface area contributed by atoms with Crippen LogP contribution in [0.3, 0.4) is 0 Å². The second-order valence-corrected chi connectivity index (χ2v) is 5.77. The average Bonchev–Trinajstić information content (AvgIpc) is 2.75. The van der Waals surface area contributed by atoms with Gasteiger partial charge < -0.3 is 15.4 Å². The summed E-state index contributed by atoms with van der Waals surface area (Å²) in [5.74, 6) is 0.189. The smallest absolute Gasteiger partial charge is 0.407 e. The van der Waals surface area contributed by atoms with Crippen molar-refractivity contribution in [3.05, 3.63) is 30.1 Å². The normalized spacial score (nSPS) is 23.1. The number of rotatable bonds is 2. The van der Waals surface area contributed by atoms with Crippen molar-refractivity contribution in [2.75, 3.05) is 13.1 Å². The van der Waals surface area contributed by atoms with Gasteiger partial charge in [-0.25, -0.2) is 4.79 Å². The molecule has 0 unspecified atom stereocenters. The Labute approximate surface area is 113 Å². The van der Waals surface area contributed by atoms with E-state index >= 15 is 0 Å². The van der Waals surface area contributed by atoms with Gasteiger partial charge in [0.1, 0.15) is 5.60 Å². The third kappa shape index (κ3) is 3.92. The number of hydrogen-bond acceptors (Lipinski definition) is 4. The highest BCUT2D eigenvalue weighted by molar-refractivity contribution is 5.68. The number of pyridine rings is 1. The zero-order valence-electron chi connectivity index (χ0n) is 11.6. The van der Waals surface area contributed by atoms with Gasteiger partial charge in [0.05, 0.1) is 6.04 Å². The van der Waals surface area contributed by atoms with Gasteiger partial charge >= 0.3 is 6.09 Å². The highest BCUT2D eigenvalue weighted by Gasteiger charge is 2.31. The summed E-state index contributed by atoms with van der Waals surface area (Å²) in [7, 11) is 0. The molecular formula is C14H21N3O2. The molecule has 2 N–H and O–H groups in total. The topological polar surface area (TPSA) is 63.2 Å². The molecule has 0 bridgehead atoms. The van der Waals surface area contributed by atoms with Crippen molar-refractivity contribution in [2.24, 2.45) is 0 Å². The Bertz CT molecular complexity index is 428. The van der Waals surface area contributed by atoms with E-state index < -0.39 is 5.60 Å². The van der Waals surface area contributed by atoms with Crippen LogP contribution < -0.4 is 10.6 Å². The predicted octanol–water partition coefficient (Wildman–Crippen LogP) is 1.66. The van der Waals surface area contributed by atoms with Gasteiger partial charge in [0, 0.05) is 30.9 Å². The van der Waals surface area contributed by atoms with E-state index in [2.05, 4.69) is 15.6 Å². The van der Waals surface area contributed by atoms with Crippen LogP contribution in [0.4, 0.5) is 4.79 Å². The molecule has 104 valence electrons. The van der Waals surface area contributed by atoms with Crippen molar-refractivity contribution in [3.63, 3.8) is 0 Å². The Hall–Kier alpha value is -1.62. The number of amides is 1. The summed E-state index contributed by atoms with van der Waals surface area (Å²) < 4.78 is 5.29. The highest BCUT2D eigenvalue weighted by Crippen LogP contribution is 2.21. The number of aromatic nitrogens is 1. The van der Waals surface area contributed by atoms with Crippen molar-refractivity contribution in [1.82, 2.24) is 15.6 Å². The van der Waals surface area contributed by atoms with Crippen LogP contribution in [0, 0.1) is 0 Å². The first kappa shape index (κ1) is 13.8. The van der Waals surface area contributed by atoms with Crippen molar-refractivity contribution < 1.29 is 9.53 Å². The molecular weight excluding hydrogens is 242 g/mol. The minimum Gasteiger partial charge on any atom is -0.444 e. The van der Waals surface area contributed by atoms with Crippen LogP contribution in [0.15, 0.2) is 24.4 Å². The largest absolute Gasteiger partial charge is 0.444 e. The van der Waals surface area contributed by atoms with Crippen LogP contribution in [0.1, 0.15) is 32.4 Å². The third-order valence-corrected chi connectivity index (χ3v) is 2.98. The van der Waals surface area contributed by atoms with Gasteiger partial charge in [-0.15, -0.1) is 0 Å². The number of alkyl carbamates (subject to hydrolysis) is 1. The van der Waals surface area contributed by atoms with Gasteiger partial charge in [0.2, 0.25) is 0 Å². The Balaban J connectivity index is 1.98. The molecule has 0 aromatic carbocycles. The van der Waals surface area contributed by atoms with Gasteiger partial charge in [-0.1, -0.05) is 6.07 Å². The van der Waals surface area contributed by atoms with Crippen molar-refractivity contribution in [1.29, 1.82) is 0 Å². The molecule has 1 aliphatic rings. The first-order valence-electron chi connectivity index (χ1n) is 6.57. The molecule has 0 radical (unpaired) electrons. The minimum absolute atomic E-state index is 0.0183. The lowest BCUT2D eigenvalue weighted by atomic mass is 9.99. The predicted molar refractivity (Wildman–Crippen MR) is 73.0 cm³/mol. The molecule has 2 rings (SSSR count). The number of carbonyl (C=O) groups is 1. The molecule has 19 heavy (non-hydrogen) atoms. The second kappa shape index (κ2) is 5.57. The fourth-order valence-electron chi connectivity index (χ4n) is 2.20. The molecule has 5 heteroatoms. The minimum atomic E-state index is -0.476. The summed E-state index contributed by atoms with van der Waals surface area (Å²) in [6, 6.07) is 5.86. The summed E-state index contributed by atoms with van der Waals surface area (Å²) >= 11 is 0. The molecule has 1 aromatic rings. The van der Waals surface area contributed by atoms with Crippen LogP contribution >= 0.6 is 0 Å². The zero-order chi connectivity index (χ0) is 13.9. The van der Waals surface area contributed by atoms with Crippen LogP contribution in [-0.4, -0.2) is 35.8 Å². The summed E-state index contributed by atoms with van der Waals surface area (Å²) in [6.45, 7) is 7.12. The Morgan fingerprint density at radius 2 is 2.21 bits per heavy atom. The first-order chi connectivity index (χ1) is 8.96. The van der Waals surface area contributed by atoms with Crippen molar-refractivity contribution >= 4 is 6.09 Å². The fourth-order valence-corrected chi connectivity index (χ4v) is 2.20. The van der Waals surface area contributed by atoms with E-state index in [9.17, 15) is 4.79 Å². The molecule has 1 fully saturated rings. The van der Waals surface area contributed by atoms with E-state index in [1.54, 1.807) is 6.20 Å². The van der Waals surface area contributed by atoms with E-state index in [0.717, 1.165) is 18.8 Å².